The van der Waals surface area contributed by atoms with Gasteiger partial charge in [-0.3, -0.25) is 19.3 Å². The Bertz CT molecular complexity index is 1370. The van der Waals surface area contributed by atoms with Gasteiger partial charge in [-0.1, -0.05) is 42.8 Å². The number of hydrogen-bond donors (Lipinski definition) is 0. The summed E-state index contributed by atoms with van der Waals surface area (Å²) in [5.74, 6) is 1.54. The molecular weight excluding hydrogens is 540 g/mol. The second kappa shape index (κ2) is 12.1. The molecule has 2 aromatic carbocycles. The van der Waals surface area contributed by atoms with E-state index in [2.05, 4.69) is 54.0 Å². The number of ether oxygens (including phenoxy) is 2. The molecule has 2 bridgehead atoms. The van der Waals surface area contributed by atoms with E-state index in [-0.39, 0.29) is 47.3 Å². The first-order valence-electron chi connectivity index (χ1n) is 16.3. The van der Waals surface area contributed by atoms with Crippen LogP contribution in [0, 0.1) is 5.92 Å². The highest BCUT2D eigenvalue weighted by Gasteiger charge is 2.66. The largest absolute Gasteiger partial charge is 0.483 e. The fourth-order valence-electron chi connectivity index (χ4n) is 9.00. The lowest BCUT2D eigenvalue weighted by Gasteiger charge is -2.60. The van der Waals surface area contributed by atoms with Crippen LogP contribution in [0.5, 0.6) is 11.5 Å². The van der Waals surface area contributed by atoms with Gasteiger partial charge < -0.3 is 14.4 Å². The van der Waals surface area contributed by atoms with Crippen LogP contribution in [0.25, 0.3) is 0 Å². The highest BCUT2D eigenvalue weighted by molar-refractivity contribution is 5.78. The fraction of sp³-hybridized carbons (Fsp3) is 0.583. The van der Waals surface area contributed by atoms with E-state index in [1.54, 1.807) is 6.92 Å². The van der Waals surface area contributed by atoms with E-state index in [0.717, 1.165) is 57.9 Å². The molecule has 5 atom stereocenters. The van der Waals surface area contributed by atoms with Crippen LogP contribution in [0.4, 0.5) is 0 Å². The Hall–Kier alpha value is -3.19. The molecule has 2 heterocycles. The Morgan fingerprint density at radius 1 is 1.05 bits per heavy atom. The lowest BCUT2D eigenvalue weighted by atomic mass is 9.51. The highest BCUT2D eigenvalue weighted by atomic mass is 16.6. The normalized spacial score (nSPS) is 26.9. The minimum Gasteiger partial charge on any atom is -0.483 e. The molecule has 2 fully saturated rings. The quantitative estimate of drug-likeness (QED) is 0.193. The van der Waals surface area contributed by atoms with Crippen molar-refractivity contribution in [3.8, 4) is 11.5 Å². The van der Waals surface area contributed by atoms with Crippen LogP contribution < -0.4 is 9.47 Å². The predicted octanol–water partition coefficient (Wildman–Crippen LogP) is 5.65. The Kier molecular flexibility index (Phi) is 8.38. The van der Waals surface area contributed by atoms with E-state index in [1.165, 1.54) is 23.6 Å². The number of Topliss-reactive ketones (excluding diaryl/α,β-unsaturated/α-hetero) is 1. The number of rotatable bonds is 11. The first-order valence-corrected chi connectivity index (χ1v) is 16.3. The number of esters is 1. The number of likely N-dealkylation sites (tertiary alicyclic amines) is 1. The lowest BCUT2D eigenvalue weighted by molar-refractivity contribution is -0.146. The second-order valence-corrected chi connectivity index (χ2v) is 13.5. The molecule has 0 radical (unpaired) electrons. The molecule has 7 nitrogen and oxygen atoms in total. The molecule has 1 saturated carbocycles. The number of aryl methyl sites for hydroxylation is 1. The Labute approximate surface area is 255 Å². The second-order valence-electron chi connectivity index (χ2n) is 13.5. The van der Waals surface area contributed by atoms with Gasteiger partial charge in [0.25, 0.3) is 0 Å². The minimum atomic E-state index is -0.364. The van der Waals surface area contributed by atoms with Gasteiger partial charge in [0.1, 0.15) is 11.9 Å². The van der Waals surface area contributed by atoms with Gasteiger partial charge in [-0.05, 0) is 95.4 Å². The number of hydrogen-bond acceptors (Lipinski definition) is 6. The van der Waals surface area contributed by atoms with Gasteiger partial charge >= 0.3 is 5.97 Å². The van der Waals surface area contributed by atoms with Crippen LogP contribution in [0.15, 0.2) is 42.5 Å². The summed E-state index contributed by atoms with van der Waals surface area (Å²) in [7, 11) is 0. The molecule has 43 heavy (non-hydrogen) atoms. The number of carbonyl (C=O) groups is 3. The molecule has 2 aliphatic carbocycles. The van der Waals surface area contributed by atoms with E-state index >= 15 is 0 Å². The van der Waals surface area contributed by atoms with Crippen molar-refractivity contribution in [2.45, 2.75) is 115 Å². The van der Waals surface area contributed by atoms with Gasteiger partial charge in [0.2, 0.25) is 5.91 Å². The Morgan fingerprint density at radius 3 is 2.56 bits per heavy atom. The number of ketones is 1. The molecule has 0 aromatic heterocycles. The molecular formula is C36H46N2O5. The number of amides is 1. The summed E-state index contributed by atoms with van der Waals surface area (Å²) < 4.78 is 12.6. The van der Waals surface area contributed by atoms with Crippen molar-refractivity contribution in [1.82, 2.24) is 9.80 Å². The number of nitrogens with zero attached hydrogens (tertiary/aromatic N) is 2. The third kappa shape index (κ3) is 5.39. The van der Waals surface area contributed by atoms with Crippen LogP contribution in [-0.4, -0.2) is 64.8 Å². The van der Waals surface area contributed by atoms with Crippen molar-refractivity contribution < 1.29 is 23.9 Å². The van der Waals surface area contributed by atoms with Crippen molar-refractivity contribution >= 4 is 17.7 Å². The number of unbranched alkanes of at least 4 members (excludes halogenated alkanes) is 2. The van der Waals surface area contributed by atoms with Crippen molar-refractivity contribution in [3.05, 3.63) is 59.2 Å². The van der Waals surface area contributed by atoms with Gasteiger partial charge in [0.05, 0.1) is 12.6 Å². The summed E-state index contributed by atoms with van der Waals surface area (Å²) in [6, 6.07) is 14.7. The Morgan fingerprint density at radius 2 is 1.84 bits per heavy atom. The number of carbonyl (C=O) groups excluding carboxylic acids is 3. The van der Waals surface area contributed by atoms with Crippen LogP contribution in [-0.2, 0) is 32.6 Å². The summed E-state index contributed by atoms with van der Waals surface area (Å²) in [5, 5.41) is 0. The monoisotopic (exact) mass is 586 g/mol. The van der Waals surface area contributed by atoms with E-state index in [0.29, 0.717) is 30.4 Å². The van der Waals surface area contributed by atoms with Crippen LogP contribution >= 0.6 is 0 Å². The lowest BCUT2D eigenvalue weighted by Crippen LogP contribution is -2.70. The Balaban J connectivity index is 1.26. The molecule has 0 N–H and O–H groups in total. The first-order chi connectivity index (χ1) is 20.7. The zero-order valence-electron chi connectivity index (χ0n) is 26.1. The van der Waals surface area contributed by atoms with Crippen LogP contribution in [0.2, 0.25) is 0 Å². The van der Waals surface area contributed by atoms with Gasteiger partial charge in [-0.25, -0.2) is 0 Å². The molecule has 2 aliphatic heterocycles. The fourth-order valence-corrected chi connectivity index (χ4v) is 9.00. The SMILES string of the molecule is CC(=O)CN1CC[C@]23c4c5ccc(OC(C)=O)c4O[C@H]2[C@@H](N(C(=O)CCCCCc2ccccc2)C(C)C)CC[C@H]3[C@H]1C5. The molecule has 0 unspecified atom stereocenters. The van der Waals surface area contributed by atoms with Crippen molar-refractivity contribution in [2.75, 3.05) is 13.1 Å². The molecule has 2 aromatic rings. The molecule has 230 valence electrons. The van der Waals surface area contributed by atoms with Gasteiger partial charge in [0, 0.05) is 36.4 Å². The smallest absolute Gasteiger partial charge is 0.308 e. The summed E-state index contributed by atoms with van der Waals surface area (Å²) >= 11 is 0. The third-order valence-corrected chi connectivity index (χ3v) is 10.5. The van der Waals surface area contributed by atoms with Crippen molar-refractivity contribution in [3.63, 3.8) is 0 Å². The standard InChI is InChI=1S/C36H46N2O5/c1-23(2)38(32(41)14-10-6-9-13-26-11-7-5-8-12-26)29-17-16-28-30-21-27-15-18-31(42-25(4)40)34-33(27)36(28,35(29)43-34)19-20-37(30)22-24(3)39/h5,7-8,11-12,15,18,23,28-30,35H,6,9-10,13-14,16-17,19-22H2,1-4H3/t28-,29-,30+,35-,36-/m0/s1. The maximum atomic E-state index is 14.0. The zero-order chi connectivity index (χ0) is 30.3. The van der Waals surface area contributed by atoms with Gasteiger partial charge in [-0.15, -0.1) is 0 Å². The summed E-state index contributed by atoms with van der Waals surface area (Å²) in [6.07, 6.45) is 7.93. The average molecular weight is 587 g/mol. The third-order valence-electron chi connectivity index (χ3n) is 10.5. The minimum absolute atomic E-state index is 0.0479. The van der Waals surface area contributed by atoms with E-state index in [1.807, 2.05) is 12.1 Å². The molecule has 1 saturated heterocycles. The number of piperidine rings is 1. The van der Waals surface area contributed by atoms with E-state index < -0.39 is 0 Å². The average Bonchev–Trinajstić information content (AvgIpc) is 3.31. The molecule has 4 aliphatic rings. The topological polar surface area (TPSA) is 76.2 Å². The van der Waals surface area contributed by atoms with Gasteiger partial charge in [-0.2, -0.15) is 0 Å². The van der Waals surface area contributed by atoms with Crippen molar-refractivity contribution in [1.29, 1.82) is 0 Å². The van der Waals surface area contributed by atoms with Crippen LogP contribution in [0.3, 0.4) is 0 Å². The highest BCUT2D eigenvalue weighted by Crippen LogP contribution is 2.64. The maximum absolute atomic E-state index is 14.0. The molecule has 7 heteroatoms. The van der Waals surface area contributed by atoms with Gasteiger partial charge in [0.15, 0.2) is 11.5 Å². The maximum Gasteiger partial charge on any atom is 0.308 e. The molecule has 1 spiro atoms. The van der Waals surface area contributed by atoms with Crippen LogP contribution in [0.1, 0.15) is 89.3 Å². The van der Waals surface area contributed by atoms with E-state index in [9.17, 15) is 14.4 Å². The molecule has 6 rings (SSSR count). The summed E-state index contributed by atoms with van der Waals surface area (Å²) in [6.45, 7) is 8.63. The predicted molar refractivity (Wildman–Crippen MR) is 165 cm³/mol. The molecule has 1 amide bonds. The van der Waals surface area contributed by atoms with E-state index in [4.69, 9.17) is 9.47 Å². The number of benzene rings is 2. The zero-order valence-corrected chi connectivity index (χ0v) is 26.1. The summed E-state index contributed by atoms with van der Waals surface area (Å²) in [5.41, 5.74) is 3.51. The summed E-state index contributed by atoms with van der Waals surface area (Å²) in [4.78, 5) is 42.7. The van der Waals surface area contributed by atoms with Crippen molar-refractivity contribution in [2.24, 2.45) is 5.92 Å². The first kappa shape index (κ1) is 29.9.